The van der Waals surface area contributed by atoms with Crippen LogP contribution in [0.25, 0.3) is 0 Å². The molecule has 0 amide bonds. The molecule has 2 aromatic rings. The molecule has 21 heavy (non-hydrogen) atoms. The maximum absolute atomic E-state index is 4.37. The fourth-order valence-electron chi connectivity index (χ4n) is 3.19. The van der Waals surface area contributed by atoms with Crippen LogP contribution in [0.1, 0.15) is 41.1 Å². The summed E-state index contributed by atoms with van der Waals surface area (Å²) in [5.74, 6) is 0. The molecule has 3 heterocycles. The highest BCUT2D eigenvalue weighted by Gasteiger charge is 2.25. The van der Waals surface area contributed by atoms with Gasteiger partial charge in [-0.15, -0.1) is 11.3 Å². The lowest BCUT2D eigenvalue weighted by Gasteiger charge is -2.24. The van der Waals surface area contributed by atoms with Crippen molar-refractivity contribution in [1.29, 1.82) is 0 Å². The highest BCUT2D eigenvalue weighted by Crippen LogP contribution is 2.26. The van der Waals surface area contributed by atoms with Crippen molar-refractivity contribution in [2.24, 2.45) is 0 Å². The zero-order chi connectivity index (χ0) is 14.7. The molecule has 3 rings (SSSR count). The molecule has 3 nitrogen and oxygen atoms in total. The number of pyridine rings is 1. The van der Waals surface area contributed by atoms with Gasteiger partial charge in [0, 0.05) is 29.4 Å². The smallest absolute Gasteiger partial charge is 0.0798 e. The molecule has 0 N–H and O–H groups in total. The van der Waals surface area contributed by atoms with E-state index in [0.717, 1.165) is 24.7 Å². The third kappa shape index (κ3) is 3.69. The average molecular weight is 301 g/mol. The van der Waals surface area contributed by atoms with Crippen molar-refractivity contribution < 1.29 is 0 Å². The third-order valence-electron chi connectivity index (χ3n) is 4.42. The van der Waals surface area contributed by atoms with Crippen molar-refractivity contribution in [2.45, 2.75) is 52.1 Å². The summed E-state index contributed by atoms with van der Waals surface area (Å²) < 4.78 is 0. The van der Waals surface area contributed by atoms with E-state index in [2.05, 4.69) is 40.8 Å². The molecule has 0 radical (unpaired) electrons. The molecule has 1 saturated heterocycles. The number of thiazole rings is 1. The molecular weight excluding hydrogens is 278 g/mol. The highest BCUT2D eigenvalue weighted by atomic mass is 32.1. The maximum atomic E-state index is 4.37. The van der Waals surface area contributed by atoms with E-state index in [9.17, 15) is 0 Å². The Labute approximate surface area is 131 Å². The predicted molar refractivity (Wildman–Crippen MR) is 87.6 cm³/mol. The topological polar surface area (TPSA) is 29.0 Å². The summed E-state index contributed by atoms with van der Waals surface area (Å²) >= 11 is 1.79. The summed E-state index contributed by atoms with van der Waals surface area (Å²) in [7, 11) is 0. The zero-order valence-electron chi connectivity index (χ0n) is 12.9. The van der Waals surface area contributed by atoms with E-state index in [1.54, 1.807) is 11.3 Å². The van der Waals surface area contributed by atoms with Gasteiger partial charge in [-0.1, -0.05) is 0 Å². The van der Waals surface area contributed by atoms with Gasteiger partial charge >= 0.3 is 0 Å². The first kappa shape index (κ1) is 14.7. The van der Waals surface area contributed by atoms with Crippen LogP contribution in [0.2, 0.25) is 0 Å². The Balaban J connectivity index is 1.58. The minimum Gasteiger partial charge on any atom is -0.295 e. The Morgan fingerprint density at radius 2 is 2.24 bits per heavy atom. The Morgan fingerprint density at radius 3 is 3.00 bits per heavy atom. The predicted octanol–water partition coefficient (Wildman–Crippen LogP) is 3.75. The second-order valence-corrected chi connectivity index (χ2v) is 6.91. The fraction of sp³-hybridized carbons (Fsp3) is 0.529. The van der Waals surface area contributed by atoms with Gasteiger partial charge in [0.1, 0.15) is 0 Å². The first-order valence-corrected chi connectivity index (χ1v) is 8.65. The molecule has 0 aromatic carbocycles. The first-order chi connectivity index (χ1) is 10.2. The largest absolute Gasteiger partial charge is 0.295 e. The molecular formula is C17H23N3S. The lowest BCUT2D eigenvalue weighted by molar-refractivity contribution is 0.236. The Bertz CT molecular complexity index is 593. The van der Waals surface area contributed by atoms with E-state index in [1.165, 1.54) is 41.9 Å². The maximum Gasteiger partial charge on any atom is 0.0798 e. The molecule has 0 saturated carbocycles. The van der Waals surface area contributed by atoms with Crippen LogP contribution in [0, 0.1) is 13.8 Å². The van der Waals surface area contributed by atoms with E-state index >= 15 is 0 Å². The number of rotatable bonds is 5. The number of hydrogen-bond acceptors (Lipinski definition) is 4. The molecule has 1 fully saturated rings. The van der Waals surface area contributed by atoms with E-state index in [4.69, 9.17) is 0 Å². The van der Waals surface area contributed by atoms with E-state index in [1.807, 2.05) is 11.7 Å². The number of hydrogen-bond donors (Lipinski definition) is 0. The Hall–Kier alpha value is -1.26. The van der Waals surface area contributed by atoms with Gasteiger partial charge in [-0.3, -0.25) is 9.88 Å². The van der Waals surface area contributed by atoms with Crippen LogP contribution in [-0.4, -0.2) is 27.5 Å². The fourth-order valence-corrected chi connectivity index (χ4v) is 3.99. The lowest BCUT2D eigenvalue weighted by atomic mass is 10.0. The molecule has 0 aliphatic carbocycles. The second kappa shape index (κ2) is 6.67. The van der Waals surface area contributed by atoms with Crippen LogP contribution < -0.4 is 0 Å². The second-order valence-electron chi connectivity index (χ2n) is 5.97. The van der Waals surface area contributed by atoms with Gasteiger partial charge in [0.2, 0.25) is 0 Å². The number of nitrogens with zero attached hydrogens (tertiary/aromatic N) is 3. The number of aromatic nitrogens is 2. The SMILES string of the molecule is Cc1cc(CC[C@@H]2CCCN2Cc2scnc2C)ccn1. The number of likely N-dealkylation sites (tertiary alicyclic amines) is 1. The van der Waals surface area contributed by atoms with Crippen LogP contribution in [0.15, 0.2) is 23.8 Å². The minimum absolute atomic E-state index is 0.722. The monoisotopic (exact) mass is 301 g/mol. The van der Waals surface area contributed by atoms with Gasteiger partial charge in [-0.05, 0) is 63.8 Å². The van der Waals surface area contributed by atoms with Gasteiger partial charge < -0.3 is 0 Å². The molecule has 1 aliphatic rings. The molecule has 1 atom stereocenters. The molecule has 2 aromatic heterocycles. The van der Waals surface area contributed by atoms with Gasteiger partial charge in [-0.2, -0.15) is 0 Å². The number of aryl methyl sites for hydroxylation is 3. The molecule has 0 spiro atoms. The third-order valence-corrected chi connectivity index (χ3v) is 5.34. The van der Waals surface area contributed by atoms with Crippen LogP contribution in [0.4, 0.5) is 0 Å². The van der Waals surface area contributed by atoms with Crippen LogP contribution in [0.5, 0.6) is 0 Å². The molecule has 1 aliphatic heterocycles. The van der Waals surface area contributed by atoms with Crippen LogP contribution in [-0.2, 0) is 13.0 Å². The summed E-state index contributed by atoms with van der Waals surface area (Å²) in [5, 5.41) is 0. The summed E-state index contributed by atoms with van der Waals surface area (Å²) in [5.41, 5.74) is 5.71. The van der Waals surface area contributed by atoms with Crippen molar-refractivity contribution in [2.75, 3.05) is 6.54 Å². The summed E-state index contributed by atoms with van der Waals surface area (Å²) in [6.45, 7) is 6.50. The van der Waals surface area contributed by atoms with E-state index in [-0.39, 0.29) is 0 Å². The normalized spacial score (nSPS) is 19.2. The molecule has 112 valence electrons. The standard InChI is InChI=1S/C17H23N3S/c1-13-10-15(7-8-18-13)5-6-16-4-3-9-20(16)11-17-14(2)19-12-21-17/h7-8,10,12,16H,3-6,9,11H2,1-2H3/t16-/m0/s1. The summed E-state index contributed by atoms with van der Waals surface area (Å²) in [4.78, 5) is 12.7. The van der Waals surface area contributed by atoms with Gasteiger partial charge in [0.15, 0.2) is 0 Å². The van der Waals surface area contributed by atoms with Crippen molar-refractivity contribution in [3.05, 3.63) is 45.7 Å². The van der Waals surface area contributed by atoms with Crippen molar-refractivity contribution >= 4 is 11.3 Å². The molecule has 0 bridgehead atoms. The quantitative estimate of drug-likeness (QED) is 0.842. The summed E-state index contributed by atoms with van der Waals surface area (Å²) in [6.07, 6.45) is 7.01. The average Bonchev–Trinajstić information content (AvgIpc) is 3.07. The van der Waals surface area contributed by atoms with Crippen molar-refractivity contribution in [3.63, 3.8) is 0 Å². The highest BCUT2D eigenvalue weighted by molar-refractivity contribution is 7.09. The van der Waals surface area contributed by atoms with Gasteiger partial charge in [0.05, 0.1) is 11.2 Å². The molecule has 0 unspecified atom stereocenters. The van der Waals surface area contributed by atoms with Crippen molar-refractivity contribution in [1.82, 2.24) is 14.9 Å². The van der Waals surface area contributed by atoms with E-state index < -0.39 is 0 Å². The zero-order valence-corrected chi connectivity index (χ0v) is 13.7. The summed E-state index contributed by atoms with van der Waals surface area (Å²) in [6, 6.07) is 5.09. The lowest BCUT2D eigenvalue weighted by Crippen LogP contribution is -2.29. The van der Waals surface area contributed by atoms with Crippen molar-refractivity contribution in [3.8, 4) is 0 Å². The molecule has 4 heteroatoms. The van der Waals surface area contributed by atoms with Gasteiger partial charge in [-0.25, -0.2) is 4.98 Å². The Morgan fingerprint density at radius 1 is 1.33 bits per heavy atom. The Kier molecular flexibility index (Phi) is 4.66. The van der Waals surface area contributed by atoms with E-state index in [0.29, 0.717) is 0 Å². The van der Waals surface area contributed by atoms with Gasteiger partial charge in [0.25, 0.3) is 0 Å². The minimum atomic E-state index is 0.722. The van der Waals surface area contributed by atoms with Crippen LogP contribution >= 0.6 is 11.3 Å². The van der Waals surface area contributed by atoms with Crippen LogP contribution in [0.3, 0.4) is 0 Å². The first-order valence-electron chi connectivity index (χ1n) is 7.77.